The molecule has 7 nitrogen and oxygen atoms in total. The number of fused-ring (bicyclic) bond motifs is 1. The van der Waals surface area contributed by atoms with E-state index in [9.17, 15) is 4.79 Å². The quantitative estimate of drug-likeness (QED) is 0.560. The van der Waals surface area contributed by atoms with E-state index in [1.165, 1.54) is 6.33 Å². The van der Waals surface area contributed by atoms with Gasteiger partial charge in [-0.2, -0.15) is 0 Å². The van der Waals surface area contributed by atoms with Gasteiger partial charge in [-0.25, -0.2) is 14.8 Å². The van der Waals surface area contributed by atoms with Crippen LogP contribution in [-0.2, 0) is 14.3 Å². The molecule has 4 rings (SSSR count). The number of benzene rings is 1. The van der Waals surface area contributed by atoms with Gasteiger partial charge >= 0.3 is 5.97 Å². The molecule has 0 aliphatic heterocycles. The fourth-order valence-corrected chi connectivity index (χ4v) is 3.89. The number of anilines is 1. The van der Waals surface area contributed by atoms with Crippen LogP contribution in [-0.4, -0.2) is 40.3 Å². The van der Waals surface area contributed by atoms with Crippen molar-refractivity contribution in [1.82, 2.24) is 9.97 Å². The summed E-state index contributed by atoms with van der Waals surface area (Å²) < 4.78 is 17.1. The van der Waals surface area contributed by atoms with Crippen LogP contribution in [0.1, 0.15) is 46.5 Å². The lowest BCUT2D eigenvalue weighted by molar-refractivity contribution is -0.162. The van der Waals surface area contributed by atoms with Gasteiger partial charge < -0.3 is 19.2 Å². The number of hydrogen-bond donors (Lipinski definition) is 1. The molecule has 1 N–H and O–H groups in total. The molecule has 1 fully saturated rings. The van der Waals surface area contributed by atoms with E-state index in [0.717, 1.165) is 48.2 Å². The van der Waals surface area contributed by atoms with Crippen LogP contribution in [0.4, 0.5) is 5.82 Å². The summed E-state index contributed by atoms with van der Waals surface area (Å²) in [5.74, 6) is 1.20. The van der Waals surface area contributed by atoms with E-state index in [4.69, 9.17) is 13.9 Å². The van der Waals surface area contributed by atoms with Crippen molar-refractivity contribution in [2.45, 2.75) is 64.2 Å². The van der Waals surface area contributed by atoms with E-state index in [2.05, 4.69) is 15.3 Å². The number of nitrogens with one attached hydrogen (secondary N) is 1. The van der Waals surface area contributed by atoms with Crippen LogP contribution in [0.2, 0.25) is 0 Å². The zero-order chi connectivity index (χ0) is 21.8. The molecule has 0 spiro atoms. The van der Waals surface area contributed by atoms with Gasteiger partial charge in [0.15, 0.2) is 0 Å². The van der Waals surface area contributed by atoms with Gasteiger partial charge in [-0.15, -0.1) is 0 Å². The Morgan fingerprint density at radius 3 is 2.77 bits per heavy atom. The Balaban J connectivity index is 1.40. The molecule has 2 aromatic heterocycles. The summed E-state index contributed by atoms with van der Waals surface area (Å²) >= 11 is 0. The SMILES string of the molecule is CC(C)(C)OC(=O)CO[C@H]1CCC[C@H](Nc2ncnc3oc(-c4ccccc4)cc23)C1. The smallest absolute Gasteiger partial charge is 0.332 e. The summed E-state index contributed by atoms with van der Waals surface area (Å²) in [6, 6.07) is 12.1. The van der Waals surface area contributed by atoms with E-state index in [0.29, 0.717) is 5.71 Å². The molecule has 1 aromatic carbocycles. The van der Waals surface area contributed by atoms with Crippen LogP contribution in [0.5, 0.6) is 0 Å². The molecule has 0 amide bonds. The van der Waals surface area contributed by atoms with Crippen LogP contribution in [0.15, 0.2) is 47.1 Å². The molecule has 3 aromatic rings. The first-order valence-corrected chi connectivity index (χ1v) is 10.8. The fraction of sp³-hybridized carbons (Fsp3) is 0.458. The summed E-state index contributed by atoms with van der Waals surface area (Å²) in [6.07, 6.45) is 5.30. The average Bonchev–Trinajstić information content (AvgIpc) is 3.18. The van der Waals surface area contributed by atoms with E-state index in [1.54, 1.807) is 0 Å². The first-order valence-electron chi connectivity index (χ1n) is 10.8. The standard InChI is InChI=1S/C24H29N3O4/c1-24(2,3)31-21(28)14-29-18-11-7-10-17(12-18)27-22-19-13-20(16-8-5-4-6-9-16)30-23(19)26-15-25-22/h4-6,8-9,13,15,17-18H,7,10-12,14H2,1-3H3,(H,25,26,27)/t17-,18-/m0/s1. The summed E-state index contributed by atoms with van der Waals surface area (Å²) in [6.45, 7) is 5.54. The summed E-state index contributed by atoms with van der Waals surface area (Å²) in [4.78, 5) is 20.7. The monoisotopic (exact) mass is 423 g/mol. The molecule has 1 aliphatic rings. The number of rotatable bonds is 6. The third-order valence-electron chi connectivity index (χ3n) is 5.21. The highest BCUT2D eigenvalue weighted by Gasteiger charge is 2.25. The van der Waals surface area contributed by atoms with Gasteiger partial charge in [-0.05, 0) is 52.5 Å². The molecule has 0 radical (unpaired) electrons. The molecule has 0 unspecified atom stereocenters. The van der Waals surface area contributed by atoms with Gasteiger partial charge in [0, 0.05) is 11.6 Å². The minimum absolute atomic E-state index is 0.0142. The van der Waals surface area contributed by atoms with Crippen LogP contribution in [0.25, 0.3) is 22.4 Å². The zero-order valence-electron chi connectivity index (χ0n) is 18.3. The Kier molecular flexibility index (Phi) is 6.23. The second-order valence-corrected chi connectivity index (χ2v) is 8.95. The summed E-state index contributed by atoms with van der Waals surface area (Å²) in [7, 11) is 0. The molecule has 2 atom stereocenters. The molecule has 1 aliphatic carbocycles. The normalized spacial score (nSPS) is 19.3. The summed E-state index contributed by atoms with van der Waals surface area (Å²) in [5.41, 5.74) is 1.06. The third-order valence-corrected chi connectivity index (χ3v) is 5.21. The van der Waals surface area contributed by atoms with Crippen molar-refractivity contribution in [3.8, 4) is 11.3 Å². The van der Waals surface area contributed by atoms with Gasteiger partial charge in [0.05, 0.1) is 11.5 Å². The molecular formula is C24H29N3O4. The van der Waals surface area contributed by atoms with Crippen LogP contribution < -0.4 is 5.32 Å². The topological polar surface area (TPSA) is 86.5 Å². The predicted octanol–water partition coefficient (Wildman–Crippen LogP) is 4.97. The second-order valence-electron chi connectivity index (χ2n) is 8.95. The lowest BCUT2D eigenvalue weighted by Gasteiger charge is -2.30. The van der Waals surface area contributed by atoms with E-state index in [-0.39, 0.29) is 24.7 Å². The van der Waals surface area contributed by atoms with Crippen molar-refractivity contribution >= 4 is 22.9 Å². The van der Waals surface area contributed by atoms with Gasteiger partial charge in [0.2, 0.25) is 5.71 Å². The van der Waals surface area contributed by atoms with Crippen LogP contribution >= 0.6 is 0 Å². The highest BCUT2D eigenvalue weighted by molar-refractivity contribution is 5.89. The van der Waals surface area contributed by atoms with Crippen molar-refractivity contribution in [2.24, 2.45) is 0 Å². The first kappa shape index (κ1) is 21.3. The number of hydrogen-bond acceptors (Lipinski definition) is 7. The third kappa shape index (κ3) is 5.61. The number of aromatic nitrogens is 2. The molecule has 1 saturated carbocycles. The Morgan fingerprint density at radius 2 is 2.00 bits per heavy atom. The van der Waals surface area contributed by atoms with E-state index < -0.39 is 5.60 Å². The fourth-order valence-electron chi connectivity index (χ4n) is 3.89. The van der Waals surface area contributed by atoms with Crippen LogP contribution in [0, 0.1) is 0 Å². The van der Waals surface area contributed by atoms with Gasteiger partial charge in [-0.1, -0.05) is 30.3 Å². The maximum absolute atomic E-state index is 11.9. The number of carbonyl (C=O) groups is 1. The number of nitrogens with zero attached hydrogens (tertiary/aromatic N) is 2. The van der Waals surface area contributed by atoms with E-state index in [1.807, 2.05) is 57.2 Å². The Labute approximate surface area is 182 Å². The Hall–Kier alpha value is -2.93. The highest BCUT2D eigenvalue weighted by Crippen LogP contribution is 2.31. The number of ether oxygens (including phenoxy) is 2. The highest BCUT2D eigenvalue weighted by atomic mass is 16.6. The molecule has 7 heteroatoms. The van der Waals surface area contributed by atoms with Crippen molar-refractivity contribution in [3.63, 3.8) is 0 Å². The van der Waals surface area contributed by atoms with Gasteiger partial charge in [0.1, 0.15) is 30.1 Å². The largest absolute Gasteiger partial charge is 0.458 e. The lowest BCUT2D eigenvalue weighted by atomic mass is 9.92. The van der Waals surface area contributed by atoms with Crippen molar-refractivity contribution < 1.29 is 18.7 Å². The van der Waals surface area contributed by atoms with Gasteiger partial charge in [-0.3, -0.25) is 0 Å². The van der Waals surface area contributed by atoms with Crippen LogP contribution in [0.3, 0.4) is 0 Å². The van der Waals surface area contributed by atoms with Crippen molar-refractivity contribution in [1.29, 1.82) is 0 Å². The molecule has 0 bridgehead atoms. The number of furan rings is 1. The zero-order valence-corrected chi connectivity index (χ0v) is 18.3. The molecular weight excluding hydrogens is 394 g/mol. The lowest BCUT2D eigenvalue weighted by Crippen LogP contribution is -2.34. The average molecular weight is 424 g/mol. The molecule has 31 heavy (non-hydrogen) atoms. The summed E-state index contributed by atoms with van der Waals surface area (Å²) in [5, 5.41) is 4.40. The van der Waals surface area contributed by atoms with Gasteiger partial charge in [0.25, 0.3) is 0 Å². The number of carbonyl (C=O) groups excluding carboxylic acids is 1. The molecule has 0 saturated heterocycles. The van der Waals surface area contributed by atoms with Crippen molar-refractivity contribution in [2.75, 3.05) is 11.9 Å². The minimum Gasteiger partial charge on any atom is -0.458 e. The predicted molar refractivity (Wildman–Crippen MR) is 119 cm³/mol. The second kappa shape index (κ2) is 9.06. The maximum atomic E-state index is 11.9. The van der Waals surface area contributed by atoms with Crippen molar-refractivity contribution in [3.05, 3.63) is 42.7 Å². The minimum atomic E-state index is -0.501. The maximum Gasteiger partial charge on any atom is 0.332 e. The molecule has 2 heterocycles. The van der Waals surface area contributed by atoms with E-state index >= 15 is 0 Å². The Morgan fingerprint density at radius 1 is 1.19 bits per heavy atom. The Bertz CT molecular complexity index is 1030. The number of esters is 1. The molecule has 164 valence electrons. The first-order chi connectivity index (χ1) is 14.9.